The normalized spacial score (nSPS) is 17.8. The number of rotatable bonds is 3. The summed E-state index contributed by atoms with van der Waals surface area (Å²) in [5.74, 6) is 2.09. The minimum absolute atomic E-state index is 0.196. The molecule has 146 valence electrons. The SMILES string of the molecule is Cc1cccc(N2CCN(C(=O)Cc3c4c(cc5c3OCC5)OCC4)CC2)c1. The van der Waals surface area contributed by atoms with Crippen LogP contribution in [-0.2, 0) is 24.1 Å². The van der Waals surface area contributed by atoms with E-state index < -0.39 is 0 Å². The van der Waals surface area contributed by atoms with E-state index in [4.69, 9.17) is 9.47 Å². The summed E-state index contributed by atoms with van der Waals surface area (Å²) < 4.78 is 11.7. The first-order chi connectivity index (χ1) is 13.7. The number of aryl methyl sites for hydroxylation is 1. The molecule has 0 atom stereocenters. The molecule has 28 heavy (non-hydrogen) atoms. The van der Waals surface area contributed by atoms with Crippen LogP contribution in [0.3, 0.4) is 0 Å². The highest BCUT2D eigenvalue weighted by atomic mass is 16.5. The van der Waals surface area contributed by atoms with Gasteiger partial charge >= 0.3 is 0 Å². The lowest BCUT2D eigenvalue weighted by Crippen LogP contribution is -2.49. The molecule has 5 rings (SSSR count). The van der Waals surface area contributed by atoms with Crippen LogP contribution in [0.4, 0.5) is 5.69 Å². The molecule has 0 aliphatic carbocycles. The molecule has 3 aliphatic heterocycles. The van der Waals surface area contributed by atoms with Crippen LogP contribution in [0.25, 0.3) is 0 Å². The van der Waals surface area contributed by atoms with E-state index in [2.05, 4.69) is 42.2 Å². The maximum absolute atomic E-state index is 13.1. The fourth-order valence-electron chi connectivity index (χ4n) is 4.57. The molecule has 5 heteroatoms. The number of amides is 1. The van der Waals surface area contributed by atoms with Crippen molar-refractivity contribution < 1.29 is 14.3 Å². The quantitative estimate of drug-likeness (QED) is 0.824. The molecule has 0 aromatic heterocycles. The highest BCUT2D eigenvalue weighted by molar-refractivity contribution is 5.81. The Hall–Kier alpha value is -2.69. The van der Waals surface area contributed by atoms with Crippen LogP contribution in [0.1, 0.15) is 22.3 Å². The van der Waals surface area contributed by atoms with E-state index >= 15 is 0 Å². The number of carbonyl (C=O) groups excluding carboxylic acids is 1. The van der Waals surface area contributed by atoms with E-state index in [1.54, 1.807) is 0 Å². The monoisotopic (exact) mass is 378 g/mol. The second-order valence-electron chi connectivity index (χ2n) is 7.90. The van der Waals surface area contributed by atoms with E-state index in [-0.39, 0.29) is 5.91 Å². The standard InChI is InChI=1S/C23H26N2O3/c1-16-3-2-4-18(13-16)24-7-9-25(10-8-24)22(26)15-20-19-6-12-27-21(19)14-17-5-11-28-23(17)20/h2-4,13-14H,5-12,15H2,1H3. The highest BCUT2D eigenvalue weighted by Crippen LogP contribution is 2.41. The molecular weight excluding hydrogens is 352 g/mol. The van der Waals surface area contributed by atoms with Crippen molar-refractivity contribution in [3.63, 3.8) is 0 Å². The molecule has 0 radical (unpaired) electrons. The molecule has 0 unspecified atom stereocenters. The molecule has 1 amide bonds. The Labute approximate surface area is 165 Å². The molecule has 0 bridgehead atoms. The number of hydrogen-bond donors (Lipinski definition) is 0. The van der Waals surface area contributed by atoms with Crippen molar-refractivity contribution in [1.82, 2.24) is 4.90 Å². The molecule has 0 N–H and O–H groups in total. The van der Waals surface area contributed by atoms with Crippen molar-refractivity contribution >= 4 is 11.6 Å². The van der Waals surface area contributed by atoms with Gasteiger partial charge in [0, 0.05) is 61.4 Å². The van der Waals surface area contributed by atoms with E-state index in [1.807, 2.05) is 4.90 Å². The van der Waals surface area contributed by atoms with Gasteiger partial charge in [-0.3, -0.25) is 4.79 Å². The second-order valence-corrected chi connectivity index (χ2v) is 7.90. The largest absolute Gasteiger partial charge is 0.493 e. The number of hydrogen-bond acceptors (Lipinski definition) is 4. The number of benzene rings is 2. The fraction of sp³-hybridized carbons (Fsp3) is 0.435. The number of piperazine rings is 1. The summed E-state index contributed by atoms with van der Waals surface area (Å²) in [4.78, 5) is 17.4. The summed E-state index contributed by atoms with van der Waals surface area (Å²) in [7, 11) is 0. The maximum Gasteiger partial charge on any atom is 0.227 e. The van der Waals surface area contributed by atoms with Crippen LogP contribution in [-0.4, -0.2) is 50.2 Å². The number of anilines is 1. The molecular formula is C23H26N2O3. The summed E-state index contributed by atoms with van der Waals surface area (Å²) in [6.07, 6.45) is 2.19. The van der Waals surface area contributed by atoms with E-state index in [1.165, 1.54) is 22.4 Å². The summed E-state index contributed by atoms with van der Waals surface area (Å²) in [5.41, 5.74) is 5.94. The molecule has 5 nitrogen and oxygen atoms in total. The molecule has 1 saturated heterocycles. The topological polar surface area (TPSA) is 42.0 Å². The lowest BCUT2D eigenvalue weighted by Gasteiger charge is -2.36. The third-order valence-corrected chi connectivity index (χ3v) is 6.09. The molecule has 2 aromatic carbocycles. The zero-order valence-corrected chi connectivity index (χ0v) is 16.4. The van der Waals surface area contributed by atoms with Gasteiger partial charge in [-0.05, 0) is 30.7 Å². The smallest absolute Gasteiger partial charge is 0.227 e. The van der Waals surface area contributed by atoms with Gasteiger partial charge in [-0.1, -0.05) is 12.1 Å². The van der Waals surface area contributed by atoms with Crippen LogP contribution < -0.4 is 14.4 Å². The van der Waals surface area contributed by atoms with Gasteiger partial charge in [-0.25, -0.2) is 0 Å². The average Bonchev–Trinajstić information content (AvgIpc) is 3.37. The number of ether oxygens (including phenoxy) is 2. The van der Waals surface area contributed by atoms with Gasteiger partial charge in [0.25, 0.3) is 0 Å². The summed E-state index contributed by atoms with van der Waals surface area (Å²) in [6, 6.07) is 10.7. The van der Waals surface area contributed by atoms with E-state index in [9.17, 15) is 4.79 Å². The van der Waals surface area contributed by atoms with Crippen LogP contribution >= 0.6 is 0 Å². The van der Waals surface area contributed by atoms with Gasteiger partial charge in [-0.15, -0.1) is 0 Å². The van der Waals surface area contributed by atoms with Crippen molar-refractivity contribution in [3.05, 3.63) is 52.6 Å². The third kappa shape index (κ3) is 3.09. The Morgan fingerprint density at radius 1 is 1.04 bits per heavy atom. The van der Waals surface area contributed by atoms with Crippen molar-refractivity contribution in [1.29, 1.82) is 0 Å². The summed E-state index contributed by atoms with van der Waals surface area (Å²) in [6.45, 7) is 6.80. The first kappa shape index (κ1) is 17.4. The Balaban J connectivity index is 1.29. The molecule has 3 aliphatic rings. The van der Waals surface area contributed by atoms with Gasteiger partial charge in [-0.2, -0.15) is 0 Å². The number of carbonyl (C=O) groups is 1. The molecule has 1 fully saturated rings. The van der Waals surface area contributed by atoms with E-state index in [0.29, 0.717) is 19.6 Å². The Kier molecular flexibility index (Phi) is 4.38. The van der Waals surface area contributed by atoms with E-state index in [0.717, 1.165) is 56.1 Å². The molecule has 3 heterocycles. The molecule has 2 aromatic rings. The Morgan fingerprint density at radius 2 is 1.86 bits per heavy atom. The average molecular weight is 378 g/mol. The van der Waals surface area contributed by atoms with Gasteiger partial charge in [0.2, 0.25) is 5.91 Å². The van der Waals surface area contributed by atoms with Crippen molar-refractivity contribution in [2.24, 2.45) is 0 Å². The van der Waals surface area contributed by atoms with Gasteiger partial charge in [0.15, 0.2) is 0 Å². The van der Waals surface area contributed by atoms with Crippen molar-refractivity contribution in [2.45, 2.75) is 26.2 Å². The minimum Gasteiger partial charge on any atom is -0.493 e. The van der Waals surface area contributed by atoms with Gasteiger partial charge in [0.1, 0.15) is 11.5 Å². The van der Waals surface area contributed by atoms with Crippen LogP contribution in [0.2, 0.25) is 0 Å². The zero-order chi connectivity index (χ0) is 19.1. The molecule has 0 spiro atoms. The maximum atomic E-state index is 13.1. The van der Waals surface area contributed by atoms with Crippen molar-refractivity contribution in [2.75, 3.05) is 44.3 Å². The highest BCUT2D eigenvalue weighted by Gasteiger charge is 2.29. The van der Waals surface area contributed by atoms with Gasteiger partial charge < -0.3 is 19.3 Å². The Morgan fingerprint density at radius 3 is 2.68 bits per heavy atom. The van der Waals surface area contributed by atoms with Crippen molar-refractivity contribution in [3.8, 4) is 11.5 Å². The minimum atomic E-state index is 0.196. The second kappa shape index (κ2) is 7.04. The fourth-order valence-corrected chi connectivity index (χ4v) is 4.57. The predicted molar refractivity (Wildman–Crippen MR) is 109 cm³/mol. The lowest BCUT2D eigenvalue weighted by atomic mass is 9.96. The van der Waals surface area contributed by atoms with Gasteiger partial charge in [0.05, 0.1) is 19.6 Å². The lowest BCUT2D eigenvalue weighted by molar-refractivity contribution is -0.130. The van der Waals surface area contributed by atoms with Crippen LogP contribution in [0.15, 0.2) is 30.3 Å². The number of fused-ring (bicyclic) bond motifs is 2. The summed E-state index contributed by atoms with van der Waals surface area (Å²) >= 11 is 0. The Bertz CT molecular complexity index is 884. The first-order valence-electron chi connectivity index (χ1n) is 10.2. The zero-order valence-electron chi connectivity index (χ0n) is 16.4. The van der Waals surface area contributed by atoms with Crippen LogP contribution in [0, 0.1) is 6.92 Å². The summed E-state index contributed by atoms with van der Waals surface area (Å²) in [5, 5.41) is 0. The third-order valence-electron chi connectivity index (χ3n) is 6.09. The number of nitrogens with zero attached hydrogens (tertiary/aromatic N) is 2. The molecule has 0 saturated carbocycles. The predicted octanol–water partition coefficient (Wildman–Crippen LogP) is 2.76. The first-order valence-corrected chi connectivity index (χ1v) is 10.2. The van der Waals surface area contributed by atoms with Crippen LogP contribution in [0.5, 0.6) is 11.5 Å².